The van der Waals surface area contributed by atoms with Gasteiger partial charge in [0.05, 0.1) is 6.42 Å². The first kappa shape index (κ1) is 14.7. The van der Waals surface area contributed by atoms with Crippen LogP contribution in [-0.2, 0) is 6.42 Å². The highest BCUT2D eigenvalue weighted by Crippen LogP contribution is 2.15. The quantitative estimate of drug-likeness (QED) is 0.668. The normalized spacial score (nSPS) is 11.2. The Morgan fingerprint density at radius 2 is 1.91 bits per heavy atom. The highest BCUT2D eigenvalue weighted by Gasteiger charge is 2.05. The molecule has 3 aromatic rings. The van der Waals surface area contributed by atoms with E-state index in [0.29, 0.717) is 18.2 Å². The van der Waals surface area contributed by atoms with Crippen molar-refractivity contribution in [1.82, 2.24) is 10.2 Å². The number of halogens is 1. The van der Waals surface area contributed by atoms with E-state index < -0.39 is 0 Å². The van der Waals surface area contributed by atoms with Gasteiger partial charge in [0.1, 0.15) is 0 Å². The largest absolute Gasteiger partial charge is 0.421 e. The van der Waals surface area contributed by atoms with Crippen molar-refractivity contribution in [3.05, 3.63) is 81.5 Å². The summed E-state index contributed by atoms with van der Waals surface area (Å²) in [6.45, 7) is 2.07. The third-order valence-electron chi connectivity index (χ3n) is 3.19. The molecule has 0 N–H and O–H groups in total. The molecule has 0 bridgehead atoms. The van der Waals surface area contributed by atoms with Gasteiger partial charge < -0.3 is 4.42 Å². The van der Waals surface area contributed by atoms with Crippen molar-refractivity contribution in [3.8, 4) is 0 Å². The summed E-state index contributed by atoms with van der Waals surface area (Å²) in [6, 6.07) is 16.3. The van der Waals surface area contributed by atoms with E-state index in [4.69, 9.17) is 4.42 Å². The summed E-state index contributed by atoms with van der Waals surface area (Å²) in [4.78, 5) is 0. The summed E-state index contributed by atoms with van der Waals surface area (Å²) in [5, 5.41) is 8.14. The smallest absolute Gasteiger partial charge is 0.240 e. The first-order chi connectivity index (χ1) is 10.7. The number of rotatable bonds is 4. The number of benzene rings is 2. The fourth-order valence-corrected chi connectivity index (χ4v) is 2.61. The van der Waals surface area contributed by atoms with Crippen LogP contribution < -0.4 is 0 Å². The molecule has 4 heteroatoms. The Balaban J connectivity index is 1.71. The second-order valence-electron chi connectivity index (χ2n) is 5.09. The molecule has 0 atom stereocenters. The fourth-order valence-electron chi connectivity index (χ4n) is 2.17. The molecule has 2 aromatic carbocycles. The van der Waals surface area contributed by atoms with Crippen molar-refractivity contribution < 1.29 is 4.42 Å². The lowest BCUT2D eigenvalue weighted by atomic mass is 10.1. The van der Waals surface area contributed by atoms with Crippen LogP contribution in [0.4, 0.5) is 0 Å². The molecule has 0 aliphatic rings. The molecule has 0 aliphatic carbocycles. The minimum atomic E-state index is 0.520. The van der Waals surface area contributed by atoms with E-state index in [9.17, 15) is 0 Å². The van der Waals surface area contributed by atoms with Gasteiger partial charge in [-0.3, -0.25) is 0 Å². The molecule has 0 unspecified atom stereocenters. The Bertz CT molecular complexity index is 808. The number of aromatic nitrogens is 2. The summed E-state index contributed by atoms with van der Waals surface area (Å²) >= 11 is 3.46. The van der Waals surface area contributed by atoms with E-state index in [1.54, 1.807) is 0 Å². The molecular formula is C18H15BrN2O. The molecule has 0 aliphatic heterocycles. The molecule has 0 saturated heterocycles. The van der Waals surface area contributed by atoms with Gasteiger partial charge in [0.25, 0.3) is 0 Å². The molecule has 0 radical (unpaired) electrons. The maximum Gasteiger partial charge on any atom is 0.240 e. The maximum absolute atomic E-state index is 5.66. The minimum Gasteiger partial charge on any atom is -0.421 e. The van der Waals surface area contributed by atoms with Crippen LogP contribution in [0.3, 0.4) is 0 Å². The van der Waals surface area contributed by atoms with E-state index in [0.717, 1.165) is 15.6 Å². The van der Waals surface area contributed by atoms with Crippen LogP contribution in [0.15, 0.2) is 57.4 Å². The van der Waals surface area contributed by atoms with Gasteiger partial charge in [-0.2, -0.15) is 0 Å². The van der Waals surface area contributed by atoms with Crippen molar-refractivity contribution in [3.63, 3.8) is 0 Å². The molecule has 3 nitrogen and oxygen atoms in total. The average Bonchev–Trinajstić information content (AvgIpc) is 2.93. The van der Waals surface area contributed by atoms with Crippen LogP contribution in [0, 0.1) is 6.92 Å². The second kappa shape index (κ2) is 6.71. The van der Waals surface area contributed by atoms with Crippen molar-refractivity contribution >= 4 is 28.1 Å². The monoisotopic (exact) mass is 354 g/mol. The third kappa shape index (κ3) is 3.92. The molecule has 110 valence electrons. The van der Waals surface area contributed by atoms with Crippen LogP contribution in [0.25, 0.3) is 12.2 Å². The lowest BCUT2D eigenvalue weighted by Gasteiger charge is -1.97. The predicted molar refractivity (Wildman–Crippen MR) is 91.4 cm³/mol. The molecular weight excluding hydrogens is 340 g/mol. The van der Waals surface area contributed by atoms with Gasteiger partial charge in [-0.05, 0) is 36.3 Å². The van der Waals surface area contributed by atoms with Gasteiger partial charge in [-0.1, -0.05) is 57.9 Å². The van der Waals surface area contributed by atoms with Crippen molar-refractivity contribution in [2.45, 2.75) is 13.3 Å². The van der Waals surface area contributed by atoms with Crippen LogP contribution in [0.5, 0.6) is 0 Å². The van der Waals surface area contributed by atoms with E-state index in [2.05, 4.69) is 45.2 Å². The van der Waals surface area contributed by atoms with Crippen LogP contribution in [0.2, 0.25) is 0 Å². The zero-order chi connectivity index (χ0) is 15.4. The Labute approximate surface area is 137 Å². The molecule has 0 fully saturated rings. The minimum absolute atomic E-state index is 0.520. The van der Waals surface area contributed by atoms with Crippen molar-refractivity contribution in [2.75, 3.05) is 0 Å². The summed E-state index contributed by atoms with van der Waals surface area (Å²) < 4.78 is 6.70. The Kier molecular flexibility index (Phi) is 4.49. The lowest BCUT2D eigenvalue weighted by molar-refractivity contribution is 0.496. The second-order valence-corrected chi connectivity index (χ2v) is 6.00. The summed E-state index contributed by atoms with van der Waals surface area (Å²) in [5.74, 6) is 1.13. The van der Waals surface area contributed by atoms with Crippen LogP contribution in [-0.4, -0.2) is 10.2 Å². The summed E-state index contributed by atoms with van der Waals surface area (Å²) in [5.41, 5.74) is 3.47. The zero-order valence-corrected chi connectivity index (χ0v) is 13.7. The zero-order valence-electron chi connectivity index (χ0n) is 12.2. The molecule has 0 spiro atoms. The van der Waals surface area contributed by atoms with Gasteiger partial charge in [0, 0.05) is 10.5 Å². The molecule has 0 saturated carbocycles. The number of aryl methyl sites for hydroxylation is 1. The number of hydrogen-bond donors (Lipinski definition) is 0. The van der Waals surface area contributed by atoms with Gasteiger partial charge in [-0.15, -0.1) is 10.2 Å². The standard InChI is InChI=1S/C18H15BrN2O/c1-13-4-2-5-14(10-13)8-9-17-20-21-18(22-17)12-15-6-3-7-16(19)11-15/h2-11H,12H2,1H3/b9-8+. The molecule has 0 amide bonds. The van der Waals surface area contributed by atoms with Gasteiger partial charge in [-0.25, -0.2) is 0 Å². The van der Waals surface area contributed by atoms with E-state index in [1.165, 1.54) is 5.56 Å². The fraction of sp³-hybridized carbons (Fsp3) is 0.111. The Hall–Kier alpha value is -2.20. The van der Waals surface area contributed by atoms with Gasteiger partial charge >= 0.3 is 0 Å². The molecule has 1 heterocycles. The molecule has 1 aromatic heterocycles. The topological polar surface area (TPSA) is 38.9 Å². The van der Waals surface area contributed by atoms with Gasteiger partial charge in [0.15, 0.2) is 0 Å². The van der Waals surface area contributed by atoms with E-state index >= 15 is 0 Å². The van der Waals surface area contributed by atoms with Crippen LogP contribution in [0.1, 0.15) is 28.5 Å². The highest BCUT2D eigenvalue weighted by molar-refractivity contribution is 9.10. The maximum atomic E-state index is 5.66. The average molecular weight is 355 g/mol. The third-order valence-corrected chi connectivity index (χ3v) is 3.68. The molecule has 22 heavy (non-hydrogen) atoms. The van der Waals surface area contributed by atoms with E-state index in [1.807, 2.05) is 48.6 Å². The van der Waals surface area contributed by atoms with E-state index in [-0.39, 0.29) is 0 Å². The highest BCUT2D eigenvalue weighted by atomic mass is 79.9. The van der Waals surface area contributed by atoms with Crippen LogP contribution >= 0.6 is 15.9 Å². The lowest BCUT2D eigenvalue weighted by Crippen LogP contribution is -1.87. The predicted octanol–water partition coefficient (Wildman–Crippen LogP) is 4.90. The van der Waals surface area contributed by atoms with Crippen molar-refractivity contribution in [1.29, 1.82) is 0 Å². The first-order valence-corrected chi connectivity index (χ1v) is 7.80. The van der Waals surface area contributed by atoms with Gasteiger partial charge in [0.2, 0.25) is 11.8 Å². The first-order valence-electron chi connectivity index (χ1n) is 7.00. The SMILES string of the molecule is Cc1cccc(/C=C/c2nnc(Cc3cccc(Br)c3)o2)c1. The molecule has 3 rings (SSSR count). The summed E-state index contributed by atoms with van der Waals surface area (Å²) in [6.07, 6.45) is 4.44. The number of nitrogens with zero attached hydrogens (tertiary/aromatic N) is 2. The van der Waals surface area contributed by atoms with Crippen molar-refractivity contribution in [2.24, 2.45) is 0 Å². The Morgan fingerprint density at radius 1 is 1.05 bits per heavy atom. The summed E-state index contributed by atoms with van der Waals surface area (Å²) in [7, 11) is 0. The Morgan fingerprint density at radius 3 is 2.73 bits per heavy atom. The number of hydrogen-bond acceptors (Lipinski definition) is 3.